The van der Waals surface area contributed by atoms with Crippen molar-refractivity contribution in [1.82, 2.24) is 0 Å². The smallest absolute Gasteiger partial charge is 0.0797 e. The Balaban J connectivity index is 2.34. The summed E-state index contributed by atoms with van der Waals surface area (Å²) in [5.41, 5.74) is 0.0534. The minimum atomic E-state index is 0.0203. The van der Waals surface area contributed by atoms with Crippen LogP contribution in [0.15, 0.2) is 0 Å². The molecule has 0 unspecified atom stereocenters. The van der Waals surface area contributed by atoms with Gasteiger partial charge in [0.1, 0.15) is 0 Å². The lowest BCUT2D eigenvalue weighted by Crippen LogP contribution is -2.64. The van der Waals surface area contributed by atoms with Crippen molar-refractivity contribution in [2.45, 2.75) is 54.5 Å². The third-order valence-electron chi connectivity index (χ3n) is 3.59. The molecule has 0 spiro atoms. The molecule has 3 aliphatic rings. The van der Waals surface area contributed by atoms with Crippen molar-refractivity contribution >= 4 is 31.9 Å². The van der Waals surface area contributed by atoms with Gasteiger partial charge in [0.2, 0.25) is 0 Å². The maximum atomic E-state index is 6.17. The summed E-state index contributed by atoms with van der Waals surface area (Å²) in [6, 6.07) is 0. The monoisotopic (exact) mass is 310 g/mol. The summed E-state index contributed by atoms with van der Waals surface area (Å²) in [6.07, 6.45) is 2.46. The number of hydrogen-bond acceptors (Lipinski definition) is 1. The Labute approximate surface area is 96.9 Å². The topological polar surface area (TPSA) is 9.23 Å². The molecule has 76 valence electrons. The first kappa shape index (κ1) is 10.4. The highest BCUT2D eigenvalue weighted by Crippen LogP contribution is 2.54. The van der Waals surface area contributed by atoms with Gasteiger partial charge in [0.15, 0.2) is 0 Å². The van der Waals surface area contributed by atoms with E-state index in [1.165, 1.54) is 12.8 Å². The van der Waals surface area contributed by atoms with E-state index in [9.17, 15) is 0 Å². The molecule has 1 aliphatic carbocycles. The predicted octanol–water partition coefficient (Wildman–Crippen LogP) is 3.49. The minimum absolute atomic E-state index is 0.0203. The van der Waals surface area contributed by atoms with E-state index in [2.05, 4.69) is 52.6 Å². The Morgan fingerprint density at radius 2 is 1.85 bits per heavy atom. The van der Waals surface area contributed by atoms with E-state index >= 15 is 0 Å². The summed E-state index contributed by atoms with van der Waals surface area (Å²) in [5, 5.41) is 0. The molecule has 0 radical (unpaired) electrons. The number of rotatable bonds is 0. The molecule has 3 fully saturated rings. The lowest BCUT2D eigenvalue weighted by atomic mass is 9.69. The summed E-state index contributed by atoms with van der Waals surface area (Å²) in [7, 11) is 0. The van der Waals surface area contributed by atoms with Crippen LogP contribution < -0.4 is 0 Å². The standard InChI is InChI=1S/C10H16Br2O/c1-9(2)6-4-5-10(3,13-9)8(12)7(6)11/h6-8H,4-5H2,1-3H3/t6-,7+,8+,10+/m1/s1. The number of fused-ring (bicyclic) bond motifs is 3. The molecule has 2 saturated heterocycles. The van der Waals surface area contributed by atoms with E-state index in [-0.39, 0.29) is 11.2 Å². The first-order valence-corrected chi connectivity index (χ1v) is 6.68. The van der Waals surface area contributed by atoms with Crippen molar-refractivity contribution in [1.29, 1.82) is 0 Å². The molecule has 3 heteroatoms. The lowest BCUT2D eigenvalue weighted by Gasteiger charge is -2.58. The van der Waals surface area contributed by atoms with Crippen molar-refractivity contribution < 1.29 is 4.74 Å². The van der Waals surface area contributed by atoms with E-state index in [1.807, 2.05) is 0 Å². The third-order valence-corrected chi connectivity index (χ3v) is 7.00. The second-order valence-corrected chi connectivity index (χ2v) is 7.05. The first-order chi connectivity index (χ1) is 5.87. The molecule has 13 heavy (non-hydrogen) atoms. The van der Waals surface area contributed by atoms with Crippen LogP contribution >= 0.6 is 31.9 Å². The lowest BCUT2D eigenvalue weighted by molar-refractivity contribution is -0.220. The summed E-state index contributed by atoms with van der Waals surface area (Å²) < 4.78 is 6.17. The van der Waals surface area contributed by atoms with Crippen LogP contribution in [0.5, 0.6) is 0 Å². The molecule has 4 atom stereocenters. The highest BCUT2D eigenvalue weighted by molar-refractivity contribution is 9.12. The highest BCUT2D eigenvalue weighted by atomic mass is 79.9. The van der Waals surface area contributed by atoms with Crippen LogP contribution in [0.4, 0.5) is 0 Å². The largest absolute Gasteiger partial charge is 0.368 e. The van der Waals surface area contributed by atoms with Gasteiger partial charge in [-0.2, -0.15) is 0 Å². The van der Waals surface area contributed by atoms with Crippen molar-refractivity contribution in [2.24, 2.45) is 5.92 Å². The van der Waals surface area contributed by atoms with Gasteiger partial charge in [0.05, 0.1) is 16.0 Å². The Morgan fingerprint density at radius 3 is 2.31 bits per heavy atom. The average Bonchev–Trinajstić information content (AvgIpc) is 1.97. The molecular formula is C10H16Br2O. The summed E-state index contributed by atoms with van der Waals surface area (Å²) in [5.74, 6) is 0.638. The Bertz CT molecular complexity index is 229. The summed E-state index contributed by atoms with van der Waals surface area (Å²) in [6.45, 7) is 6.64. The normalized spacial score (nSPS) is 53.8. The zero-order valence-corrected chi connectivity index (χ0v) is 11.5. The second kappa shape index (κ2) is 2.96. The van der Waals surface area contributed by atoms with E-state index in [0.717, 1.165) is 0 Å². The minimum Gasteiger partial charge on any atom is -0.368 e. The van der Waals surface area contributed by atoms with Gasteiger partial charge in [-0.25, -0.2) is 0 Å². The average molecular weight is 312 g/mol. The first-order valence-electron chi connectivity index (χ1n) is 4.85. The van der Waals surface area contributed by atoms with Crippen molar-refractivity contribution in [3.05, 3.63) is 0 Å². The van der Waals surface area contributed by atoms with Crippen molar-refractivity contribution in [3.8, 4) is 0 Å². The molecule has 3 rings (SSSR count). The fourth-order valence-electron chi connectivity index (χ4n) is 2.79. The number of halogens is 2. The molecule has 0 amide bonds. The van der Waals surface area contributed by atoms with Crippen LogP contribution in [0.2, 0.25) is 0 Å². The molecule has 2 bridgehead atoms. The van der Waals surface area contributed by atoms with Gasteiger partial charge in [-0.15, -0.1) is 0 Å². The zero-order valence-electron chi connectivity index (χ0n) is 8.31. The second-order valence-electron chi connectivity index (χ2n) is 5.01. The Morgan fingerprint density at radius 1 is 1.23 bits per heavy atom. The van der Waals surface area contributed by atoms with Gasteiger partial charge in [0.25, 0.3) is 0 Å². The van der Waals surface area contributed by atoms with Crippen LogP contribution in [0.25, 0.3) is 0 Å². The molecule has 2 aliphatic heterocycles. The molecule has 1 saturated carbocycles. The molecule has 2 heterocycles. The van der Waals surface area contributed by atoms with Crippen LogP contribution in [-0.2, 0) is 4.74 Å². The highest BCUT2D eigenvalue weighted by Gasteiger charge is 2.57. The third kappa shape index (κ3) is 1.42. The molecule has 0 aromatic carbocycles. The molecule has 0 aromatic heterocycles. The quantitative estimate of drug-likeness (QED) is 0.622. The summed E-state index contributed by atoms with van der Waals surface area (Å²) in [4.78, 5) is 1.00. The molecule has 0 aromatic rings. The SMILES string of the molecule is CC1(C)O[C@@]2(C)CC[C@@H]1[C@H](Br)[C@@H]2Br. The van der Waals surface area contributed by atoms with Gasteiger partial charge in [-0.3, -0.25) is 0 Å². The van der Waals surface area contributed by atoms with E-state index in [1.54, 1.807) is 0 Å². The van der Waals surface area contributed by atoms with Crippen LogP contribution in [-0.4, -0.2) is 20.9 Å². The fraction of sp³-hybridized carbons (Fsp3) is 1.00. The van der Waals surface area contributed by atoms with Crippen LogP contribution in [0.3, 0.4) is 0 Å². The van der Waals surface area contributed by atoms with E-state index < -0.39 is 0 Å². The summed E-state index contributed by atoms with van der Waals surface area (Å²) >= 11 is 7.54. The van der Waals surface area contributed by atoms with Crippen molar-refractivity contribution in [2.75, 3.05) is 0 Å². The van der Waals surface area contributed by atoms with Gasteiger partial charge >= 0.3 is 0 Å². The maximum Gasteiger partial charge on any atom is 0.0797 e. The van der Waals surface area contributed by atoms with Crippen molar-refractivity contribution in [3.63, 3.8) is 0 Å². The molecular weight excluding hydrogens is 296 g/mol. The predicted molar refractivity (Wildman–Crippen MR) is 61.7 cm³/mol. The van der Waals surface area contributed by atoms with Gasteiger partial charge in [-0.1, -0.05) is 31.9 Å². The number of hydrogen-bond donors (Lipinski definition) is 0. The molecule has 1 nitrogen and oxygen atoms in total. The van der Waals surface area contributed by atoms with Gasteiger partial charge in [0, 0.05) is 10.7 Å². The van der Waals surface area contributed by atoms with E-state index in [4.69, 9.17) is 4.74 Å². The van der Waals surface area contributed by atoms with Crippen LogP contribution in [0.1, 0.15) is 33.6 Å². The van der Waals surface area contributed by atoms with E-state index in [0.29, 0.717) is 15.6 Å². The Hall–Kier alpha value is 0.920. The van der Waals surface area contributed by atoms with Crippen LogP contribution in [0, 0.1) is 5.92 Å². The fourth-order valence-corrected chi connectivity index (χ4v) is 4.95. The molecule has 0 N–H and O–H groups in total. The Kier molecular flexibility index (Phi) is 2.37. The van der Waals surface area contributed by atoms with Gasteiger partial charge < -0.3 is 4.74 Å². The zero-order chi connectivity index (χ0) is 9.85. The number of ether oxygens (including phenoxy) is 1. The number of alkyl halides is 2. The van der Waals surface area contributed by atoms with Gasteiger partial charge in [-0.05, 0) is 33.6 Å². The maximum absolute atomic E-state index is 6.17.